The van der Waals surface area contributed by atoms with Crippen LogP contribution in [0.3, 0.4) is 0 Å². The van der Waals surface area contributed by atoms with Gasteiger partial charge in [0.1, 0.15) is 5.75 Å². The van der Waals surface area contributed by atoms with Crippen molar-refractivity contribution >= 4 is 40.1 Å². The number of benzene rings is 1. The van der Waals surface area contributed by atoms with Crippen LogP contribution in [0, 0.1) is 3.57 Å². The molecule has 1 aromatic rings. The van der Waals surface area contributed by atoms with Crippen LogP contribution in [-0.2, 0) is 0 Å². The minimum absolute atomic E-state index is 0.105. The molecule has 0 bridgehead atoms. The van der Waals surface area contributed by atoms with E-state index in [1.807, 2.05) is 13.8 Å². The lowest BCUT2D eigenvalue weighted by atomic mass is 9.93. The number of rotatable bonds is 6. The molecule has 112 valence electrons. The van der Waals surface area contributed by atoms with Crippen molar-refractivity contribution in [2.75, 3.05) is 13.7 Å². The Morgan fingerprint density at radius 2 is 2.05 bits per heavy atom. The molecule has 4 nitrogen and oxygen atoms in total. The summed E-state index contributed by atoms with van der Waals surface area (Å²) in [5.41, 5.74) is -0.241. The van der Waals surface area contributed by atoms with Gasteiger partial charge in [-0.05, 0) is 47.6 Å². The molecule has 1 aromatic carbocycles. The van der Waals surface area contributed by atoms with Crippen LogP contribution in [0.5, 0.6) is 5.75 Å². The van der Waals surface area contributed by atoms with E-state index in [1.54, 1.807) is 12.1 Å². The van der Waals surface area contributed by atoms with E-state index < -0.39 is 5.54 Å². The van der Waals surface area contributed by atoms with Gasteiger partial charge in [-0.1, -0.05) is 25.4 Å². The predicted molar refractivity (Wildman–Crippen MR) is 88.6 cm³/mol. The van der Waals surface area contributed by atoms with E-state index in [2.05, 4.69) is 27.9 Å². The Labute approximate surface area is 138 Å². The minimum Gasteiger partial charge on any atom is -0.496 e. The fraction of sp³-hybridized carbons (Fsp3) is 0.500. The normalized spacial score (nSPS) is 11.3. The second kappa shape index (κ2) is 7.47. The Balaban J connectivity index is 3.12. The number of hydrogen-bond acceptors (Lipinski definition) is 3. The molecule has 6 heteroatoms. The van der Waals surface area contributed by atoms with Crippen LogP contribution in [-0.4, -0.2) is 30.3 Å². The molecule has 2 N–H and O–H groups in total. The van der Waals surface area contributed by atoms with Crippen molar-refractivity contribution in [2.24, 2.45) is 0 Å². The zero-order valence-electron chi connectivity index (χ0n) is 11.8. The summed E-state index contributed by atoms with van der Waals surface area (Å²) < 4.78 is 6.05. The third kappa shape index (κ3) is 3.77. The third-order valence-electron chi connectivity index (χ3n) is 3.52. The van der Waals surface area contributed by atoms with Crippen LogP contribution in [0.15, 0.2) is 12.1 Å². The van der Waals surface area contributed by atoms with E-state index >= 15 is 0 Å². The van der Waals surface area contributed by atoms with Gasteiger partial charge >= 0.3 is 0 Å². The molecular weight excluding hydrogens is 393 g/mol. The van der Waals surface area contributed by atoms with Gasteiger partial charge in [0.15, 0.2) is 0 Å². The van der Waals surface area contributed by atoms with Crippen molar-refractivity contribution in [2.45, 2.75) is 32.2 Å². The van der Waals surface area contributed by atoms with Crippen molar-refractivity contribution in [3.63, 3.8) is 0 Å². The molecule has 1 rings (SSSR count). The van der Waals surface area contributed by atoms with Crippen LogP contribution in [0.4, 0.5) is 0 Å². The van der Waals surface area contributed by atoms with Gasteiger partial charge in [-0.15, -0.1) is 0 Å². The van der Waals surface area contributed by atoms with Crippen molar-refractivity contribution in [3.8, 4) is 5.75 Å². The van der Waals surface area contributed by atoms with Gasteiger partial charge in [-0.2, -0.15) is 0 Å². The van der Waals surface area contributed by atoms with Crippen molar-refractivity contribution in [1.29, 1.82) is 0 Å². The number of methoxy groups -OCH3 is 1. The molecule has 1 amide bonds. The quantitative estimate of drug-likeness (QED) is 0.707. The van der Waals surface area contributed by atoms with Crippen LogP contribution in [0.25, 0.3) is 0 Å². The number of carbonyl (C=O) groups is 1. The Morgan fingerprint density at radius 3 is 2.50 bits per heavy atom. The largest absolute Gasteiger partial charge is 0.496 e. The summed E-state index contributed by atoms with van der Waals surface area (Å²) in [6.45, 7) is 3.75. The standard InChI is InChI=1S/C14H19ClINO3/c1-4-14(5-2,8-18)17-13(19)9-6-10(15)11(16)7-12(9)20-3/h6-7,18H,4-5,8H2,1-3H3,(H,17,19). The van der Waals surface area contributed by atoms with E-state index in [4.69, 9.17) is 16.3 Å². The van der Waals surface area contributed by atoms with Crippen molar-refractivity contribution in [1.82, 2.24) is 5.32 Å². The summed E-state index contributed by atoms with van der Waals surface area (Å²) in [6.07, 6.45) is 1.29. The molecule has 0 saturated heterocycles. The van der Waals surface area contributed by atoms with Crippen LogP contribution >= 0.6 is 34.2 Å². The number of amides is 1. The molecule has 0 unspecified atom stereocenters. The fourth-order valence-electron chi connectivity index (χ4n) is 1.87. The number of nitrogens with one attached hydrogen (secondary N) is 1. The first kappa shape index (κ1) is 17.5. The molecule has 0 aliphatic rings. The molecule has 20 heavy (non-hydrogen) atoms. The highest BCUT2D eigenvalue weighted by Crippen LogP contribution is 2.29. The van der Waals surface area contributed by atoms with Gasteiger partial charge in [0.2, 0.25) is 0 Å². The van der Waals surface area contributed by atoms with E-state index in [0.717, 1.165) is 3.57 Å². The van der Waals surface area contributed by atoms with Gasteiger partial charge in [0, 0.05) is 3.57 Å². The SMILES string of the molecule is CCC(CC)(CO)NC(=O)c1cc(Cl)c(I)cc1OC. The van der Waals surface area contributed by atoms with E-state index in [-0.39, 0.29) is 12.5 Å². The Kier molecular flexibility index (Phi) is 6.54. The van der Waals surface area contributed by atoms with Crippen LogP contribution in [0.2, 0.25) is 5.02 Å². The lowest BCUT2D eigenvalue weighted by Gasteiger charge is -2.31. The van der Waals surface area contributed by atoms with Gasteiger partial charge in [-0.25, -0.2) is 0 Å². The Morgan fingerprint density at radius 1 is 1.45 bits per heavy atom. The van der Waals surface area contributed by atoms with Crippen molar-refractivity contribution < 1.29 is 14.6 Å². The van der Waals surface area contributed by atoms with Gasteiger partial charge in [0.25, 0.3) is 5.91 Å². The third-order valence-corrected chi connectivity index (χ3v) is 5.05. The molecule has 0 fully saturated rings. The number of aliphatic hydroxyl groups excluding tert-OH is 1. The van der Waals surface area contributed by atoms with Gasteiger partial charge in [-0.3, -0.25) is 4.79 Å². The molecule has 0 aromatic heterocycles. The molecule has 0 spiro atoms. The summed E-state index contributed by atoms with van der Waals surface area (Å²) in [4.78, 5) is 12.4. The van der Waals surface area contributed by atoms with Crippen molar-refractivity contribution in [3.05, 3.63) is 26.3 Å². The monoisotopic (exact) mass is 411 g/mol. The highest BCUT2D eigenvalue weighted by molar-refractivity contribution is 14.1. The number of halogens is 2. The maximum atomic E-state index is 12.4. The second-order valence-electron chi connectivity index (χ2n) is 4.57. The highest BCUT2D eigenvalue weighted by Gasteiger charge is 2.29. The zero-order valence-corrected chi connectivity index (χ0v) is 14.7. The van der Waals surface area contributed by atoms with Crippen LogP contribution in [0.1, 0.15) is 37.0 Å². The number of carbonyl (C=O) groups excluding carboxylic acids is 1. The summed E-state index contributed by atoms with van der Waals surface area (Å²) >= 11 is 8.15. The molecule has 0 atom stereocenters. The maximum absolute atomic E-state index is 12.4. The Bertz CT molecular complexity index is 481. The summed E-state index contributed by atoms with van der Waals surface area (Å²) in [7, 11) is 1.51. The van der Waals surface area contributed by atoms with Gasteiger partial charge < -0.3 is 15.2 Å². The Hall–Kier alpha value is -0.530. The number of ether oxygens (including phenoxy) is 1. The lowest BCUT2D eigenvalue weighted by molar-refractivity contribution is 0.0815. The molecule has 0 aliphatic carbocycles. The zero-order chi connectivity index (χ0) is 15.3. The molecule has 0 aliphatic heterocycles. The van der Waals surface area contributed by atoms with E-state index in [9.17, 15) is 9.90 Å². The van der Waals surface area contributed by atoms with E-state index in [1.165, 1.54) is 7.11 Å². The van der Waals surface area contributed by atoms with Crippen LogP contribution < -0.4 is 10.1 Å². The summed E-state index contributed by atoms with van der Waals surface area (Å²) in [5.74, 6) is 0.174. The molecular formula is C14H19ClINO3. The predicted octanol–water partition coefficient (Wildman–Crippen LogP) is 3.23. The number of hydrogen-bond donors (Lipinski definition) is 2. The summed E-state index contributed by atoms with van der Waals surface area (Å²) in [6, 6.07) is 3.31. The molecule has 0 saturated carbocycles. The topological polar surface area (TPSA) is 58.6 Å². The first-order chi connectivity index (χ1) is 9.42. The minimum atomic E-state index is -0.614. The molecule has 0 heterocycles. The fourth-order valence-corrected chi connectivity index (χ4v) is 2.48. The summed E-state index contributed by atoms with van der Waals surface area (Å²) in [5, 5.41) is 12.9. The maximum Gasteiger partial charge on any atom is 0.255 e. The van der Waals surface area contributed by atoms with Gasteiger partial charge in [0.05, 0.1) is 29.8 Å². The second-order valence-corrected chi connectivity index (χ2v) is 6.14. The first-order valence-electron chi connectivity index (χ1n) is 6.39. The molecule has 0 radical (unpaired) electrons. The highest BCUT2D eigenvalue weighted by atomic mass is 127. The lowest BCUT2D eigenvalue weighted by Crippen LogP contribution is -2.50. The average Bonchev–Trinajstić information content (AvgIpc) is 2.47. The smallest absolute Gasteiger partial charge is 0.255 e. The first-order valence-corrected chi connectivity index (χ1v) is 7.85. The average molecular weight is 412 g/mol. The number of aliphatic hydroxyl groups is 1. The van der Waals surface area contributed by atoms with E-state index in [0.29, 0.717) is 29.2 Å².